The van der Waals surface area contributed by atoms with Gasteiger partial charge in [-0.2, -0.15) is 0 Å². The summed E-state index contributed by atoms with van der Waals surface area (Å²) in [7, 11) is 0. The highest BCUT2D eigenvalue weighted by Gasteiger charge is 2.13. The molecular formula is C13H20ClN3. The average molecular weight is 254 g/mol. The average Bonchev–Trinajstić information content (AvgIpc) is 2.57. The zero-order chi connectivity index (χ0) is 12.1. The number of halogens is 1. The molecule has 0 bridgehead atoms. The minimum Gasteiger partial charge on any atom is -0.356 e. The van der Waals surface area contributed by atoms with Crippen LogP contribution in [0.15, 0.2) is 6.07 Å². The van der Waals surface area contributed by atoms with Crippen LogP contribution in [0.4, 0.5) is 5.82 Å². The molecule has 1 saturated heterocycles. The second-order valence-corrected chi connectivity index (χ2v) is 5.00. The predicted octanol–water partition coefficient (Wildman–Crippen LogP) is 3.46. The van der Waals surface area contributed by atoms with Crippen molar-refractivity contribution in [3.8, 4) is 0 Å². The first-order valence-corrected chi connectivity index (χ1v) is 6.96. The molecule has 1 aromatic rings. The van der Waals surface area contributed by atoms with Gasteiger partial charge in [0.15, 0.2) is 0 Å². The van der Waals surface area contributed by atoms with E-state index in [9.17, 15) is 0 Å². The molecular weight excluding hydrogens is 234 g/mol. The molecule has 0 N–H and O–H groups in total. The van der Waals surface area contributed by atoms with Crippen LogP contribution < -0.4 is 4.90 Å². The van der Waals surface area contributed by atoms with Crippen LogP contribution in [0.3, 0.4) is 0 Å². The van der Waals surface area contributed by atoms with Crippen LogP contribution in [0, 0.1) is 0 Å². The summed E-state index contributed by atoms with van der Waals surface area (Å²) in [5.41, 5.74) is 0. The van der Waals surface area contributed by atoms with Crippen molar-refractivity contribution in [3.05, 3.63) is 17.0 Å². The SMILES string of the molecule is CCCc1nc(Cl)cc(N2CCCCCC2)n1. The summed E-state index contributed by atoms with van der Waals surface area (Å²) < 4.78 is 0. The molecule has 17 heavy (non-hydrogen) atoms. The molecule has 94 valence electrons. The molecule has 0 amide bonds. The molecule has 3 nitrogen and oxygen atoms in total. The smallest absolute Gasteiger partial charge is 0.134 e. The van der Waals surface area contributed by atoms with Gasteiger partial charge in [0.25, 0.3) is 0 Å². The Morgan fingerprint density at radius 2 is 1.88 bits per heavy atom. The van der Waals surface area contributed by atoms with Gasteiger partial charge < -0.3 is 4.90 Å². The van der Waals surface area contributed by atoms with Crippen molar-refractivity contribution in [2.75, 3.05) is 18.0 Å². The number of nitrogens with zero attached hydrogens (tertiary/aromatic N) is 3. The molecule has 0 spiro atoms. The van der Waals surface area contributed by atoms with Gasteiger partial charge in [-0.25, -0.2) is 9.97 Å². The Morgan fingerprint density at radius 1 is 1.18 bits per heavy atom. The van der Waals surface area contributed by atoms with E-state index in [-0.39, 0.29) is 0 Å². The van der Waals surface area contributed by atoms with Crippen molar-refractivity contribution in [2.45, 2.75) is 45.4 Å². The minimum absolute atomic E-state index is 0.572. The van der Waals surface area contributed by atoms with E-state index < -0.39 is 0 Å². The maximum absolute atomic E-state index is 6.07. The Labute approximate surface area is 108 Å². The summed E-state index contributed by atoms with van der Waals surface area (Å²) in [6, 6.07) is 1.89. The highest BCUT2D eigenvalue weighted by molar-refractivity contribution is 6.29. The van der Waals surface area contributed by atoms with E-state index in [1.165, 1.54) is 25.7 Å². The monoisotopic (exact) mass is 253 g/mol. The Hall–Kier alpha value is -0.830. The maximum Gasteiger partial charge on any atom is 0.134 e. The van der Waals surface area contributed by atoms with Gasteiger partial charge in [0, 0.05) is 25.6 Å². The van der Waals surface area contributed by atoms with Crippen LogP contribution >= 0.6 is 11.6 Å². The van der Waals surface area contributed by atoms with Crippen molar-refractivity contribution in [2.24, 2.45) is 0 Å². The second kappa shape index (κ2) is 6.20. The lowest BCUT2D eigenvalue weighted by Crippen LogP contribution is -2.25. The van der Waals surface area contributed by atoms with Crippen molar-refractivity contribution in [1.82, 2.24) is 9.97 Å². The molecule has 0 aromatic carbocycles. The quantitative estimate of drug-likeness (QED) is 0.773. The molecule has 1 aromatic heterocycles. The maximum atomic E-state index is 6.07. The second-order valence-electron chi connectivity index (χ2n) is 4.62. The molecule has 2 heterocycles. The third-order valence-electron chi connectivity index (χ3n) is 3.13. The molecule has 2 rings (SSSR count). The van der Waals surface area contributed by atoms with E-state index in [0.717, 1.165) is 37.6 Å². The molecule has 0 aliphatic carbocycles. The Morgan fingerprint density at radius 3 is 2.53 bits per heavy atom. The Bertz CT molecular complexity index is 360. The van der Waals surface area contributed by atoms with Gasteiger partial charge in [0.1, 0.15) is 16.8 Å². The lowest BCUT2D eigenvalue weighted by atomic mass is 10.2. The van der Waals surface area contributed by atoms with E-state index in [1.54, 1.807) is 0 Å². The summed E-state index contributed by atoms with van der Waals surface area (Å²) >= 11 is 6.07. The van der Waals surface area contributed by atoms with E-state index >= 15 is 0 Å². The first kappa shape index (κ1) is 12.6. The van der Waals surface area contributed by atoms with Crippen LogP contribution in [-0.4, -0.2) is 23.1 Å². The number of rotatable bonds is 3. The van der Waals surface area contributed by atoms with Gasteiger partial charge in [-0.05, 0) is 19.3 Å². The normalized spacial score (nSPS) is 16.9. The minimum atomic E-state index is 0.572. The summed E-state index contributed by atoms with van der Waals surface area (Å²) in [6.07, 6.45) is 7.13. The fourth-order valence-electron chi connectivity index (χ4n) is 2.25. The van der Waals surface area contributed by atoms with E-state index in [2.05, 4.69) is 21.8 Å². The highest BCUT2D eigenvalue weighted by Crippen LogP contribution is 2.20. The van der Waals surface area contributed by atoms with Gasteiger partial charge in [-0.15, -0.1) is 0 Å². The van der Waals surface area contributed by atoms with Gasteiger partial charge in [0.05, 0.1) is 0 Å². The third-order valence-corrected chi connectivity index (χ3v) is 3.32. The topological polar surface area (TPSA) is 29.0 Å². The number of aromatic nitrogens is 2. The summed E-state index contributed by atoms with van der Waals surface area (Å²) in [4.78, 5) is 11.2. The molecule has 0 radical (unpaired) electrons. The molecule has 1 aliphatic heterocycles. The van der Waals surface area contributed by atoms with Gasteiger partial charge in [-0.3, -0.25) is 0 Å². The third kappa shape index (κ3) is 3.56. The van der Waals surface area contributed by atoms with Crippen molar-refractivity contribution < 1.29 is 0 Å². The van der Waals surface area contributed by atoms with Crippen LogP contribution in [0.5, 0.6) is 0 Å². The molecule has 0 unspecified atom stereocenters. The largest absolute Gasteiger partial charge is 0.356 e. The van der Waals surface area contributed by atoms with Crippen molar-refractivity contribution in [1.29, 1.82) is 0 Å². The lowest BCUT2D eigenvalue weighted by molar-refractivity contribution is 0.726. The predicted molar refractivity (Wildman–Crippen MR) is 71.7 cm³/mol. The summed E-state index contributed by atoms with van der Waals surface area (Å²) in [6.45, 7) is 4.33. The molecule has 1 aliphatic rings. The lowest BCUT2D eigenvalue weighted by Gasteiger charge is -2.21. The number of anilines is 1. The fourth-order valence-corrected chi connectivity index (χ4v) is 2.44. The molecule has 4 heteroatoms. The highest BCUT2D eigenvalue weighted by atomic mass is 35.5. The molecule has 0 saturated carbocycles. The molecule has 0 atom stereocenters. The zero-order valence-electron chi connectivity index (χ0n) is 10.5. The van der Waals surface area contributed by atoms with Crippen LogP contribution in [-0.2, 0) is 6.42 Å². The zero-order valence-corrected chi connectivity index (χ0v) is 11.2. The number of aryl methyl sites for hydroxylation is 1. The van der Waals surface area contributed by atoms with Crippen LogP contribution in [0.2, 0.25) is 5.15 Å². The molecule has 1 fully saturated rings. The fraction of sp³-hybridized carbons (Fsp3) is 0.692. The Kier molecular flexibility index (Phi) is 4.60. The van der Waals surface area contributed by atoms with Crippen LogP contribution in [0.1, 0.15) is 44.9 Å². The summed E-state index contributed by atoms with van der Waals surface area (Å²) in [5, 5.41) is 0.572. The van der Waals surface area contributed by atoms with E-state index in [1.807, 2.05) is 6.07 Å². The first-order valence-electron chi connectivity index (χ1n) is 6.58. The summed E-state index contributed by atoms with van der Waals surface area (Å²) in [5.74, 6) is 1.88. The van der Waals surface area contributed by atoms with Crippen molar-refractivity contribution >= 4 is 17.4 Å². The van der Waals surface area contributed by atoms with Gasteiger partial charge >= 0.3 is 0 Å². The Balaban J connectivity index is 2.17. The standard InChI is InChI=1S/C13H20ClN3/c1-2-7-12-15-11(14)10-13(16-12)17-8-5-3-4-6-9-17/h10H,2-9H2,1H3. The van der Waals surface area contributed by atoms with E-state index in [4.69, 9.17) is 11.6 Å². The van der Waals surface area contributed by atoms with Crippen molar-refractivity contribution in [3.63, 3.8) is 0 Å². The van der Waals surface area contributed by atoms with Gasteiger partial charge in [0.2, 0.25) is 0 Å². The number of hydrogen-bond acceptors (Lipinski definition) is 3. The first-order chi connectivity index (χ1) is 8.29. The van der Waals surface area contributed by atoms with E-state index in [0.29, 0.717) is 5.15 Å². The van der Waals surface area contributed by atoms with Gasteiger partial charge in [-0.1, -0.05) is 31.4 Å². The van der Waals surface area contributed by atoms with Crippen LogP contribution in [0.25, 0.3) is 0 Å². The number of hydrogen-bond donors (Lipinski definition) is 0.